The fourth-order valence-electron chi connectivity index (χ4n) is 2.82. The van der Waals surface area contributed by atoms with Gasteiger partial charge in [0.05, 0.1) is 0 Å². The molecule has 0 radical (unpaired) electrons. The Kier molecular flexibility index (Phi) is 4.69. The van der Waals surface area contributed by atoms with Crippen molar-refractivity contribution in [3.05, 3.63) is 35.4 Å². The topological polar surface area (TPSA) is 36.4 Å². The van der Waals surface area contributed by atoms with E-state index in [0.717, 1.165) is 12.5 Å². The lowest BCUT2D eigenvalue weighted by atomic mass is 9.83. The van der Waals surface area contributed by atoms with Gasteiger partial charge in [0.25, 0.3) is 0 Å². The first-order valence-electron chi connectivity index (χ1n) is 7.56. The minimum absolute atomic E-state index is 0.0340. The fourth-order valence-corrected chi connectivity index (χ4v) is 2.82. The molecule has 0 saturated carbocycles. The Morgan fingerprint density at radius 3 is 2.75 bits per heavy atom. The minimum Gasteiger partial charge on any atom is -0.356 e. The Balaban J connectivity index is 1.98. The molecule has 0 aliphatic heterocycles. The Labute approximate surface area is 122 Å². The van der Waals surface area contributed by atoms with Gasteiger partial charge in [0.1, 0.15) is 0 Å². The molecule has 1 aliphatic carbocycles. The molecule has 0 aromatic heterocycles. The van der Waals surface area contributed by atoms with Crippen LogP contribution in [-0.4, -0.2) is 25.1 Å². The summed E-state index contributed by atoms with van der Waals surface area (Å²) >= 11 is 0. The van der Waals surface area contributed by atoms with Crippen LogP contribution in [0.25, 0.3) is 0 Å². The van der Waals surface area contributed by atoms with Crippen molar-refractivity contribution in [3.8, 4) is 0 Å². The summed E-state index contributed by atoms with van der Waals surface area (Å²) in [4.78, 5) is 4.31. The molecule has 3 nitrogen and oxygen atoms in total. The highest BCUT2D eigenvalue weighted by Crippen LogP contribution is 2.30. The minimum atomic E-state index is 0.0340. The van der Waals surface area contributed by atoms with Gasteiger partial charge in [0, 0.05) is 25.0 Å². The molecule has 1 atom stereocenters. The quantitative estimate of drug-likeness (QED) is 0.642. The third-order valence-electron chi connectivity index (χ3n) is 3.73. The van der Waals surface area contributed by atoms with Crippen LogP contribution in [0.5, 0.6) is 0 Å². The van der Waals surface area contributed by atoms with E-state index in [-0.39, 0.29) is 5.54 Å². The lowest BCUT2D eigenvalue weighted by molar-refractivity contribution is 0.491. The monoisotopic (exact) mass is 273 g/mol. The largest absolute Gasteiger partial charge is 0.356 e. The van der Waals surface area contributed by atoms with Gasteiger partial charge >= 0.3 is 0 Å². The lowest BCUT2D eigenvalue weighted by Gasteiger charge is -2.28. The fraction of sp³-hybridized carbons (Fsp3) is 0.588. The van der Waals surface area contributed by atoms with Gasteiger partial charge in [-0.1, -0.05) is 24.3 Å². The van der Waals surface area contributed by atoms with Gasteiger partial charge in [-0.15, -0.1) is 0 Å². The van der Waals surface area contributed by atoms with Gasteiger partial charge in [-0.25, -0.2) is 0 Å². The van der Waals surface area contributed by atoms with E-state index in [9.17, 15) is 0 Å². The Bertz CT molecular complexity index is 471. The van der Waals surface area contributed by atoms with Gasteiger partial charge in [-0.3, -0.25) is 4.99 Å². The Morgan fingerprint density at radius 2 is 2.05 bits per heavy atom. The third-order valence-corrected chi connectivity index (χ3v) is 3.73. The first kappa shape index (κ1) is 14.9. The van der Waals surface area contributed by atoms with Crippen LogP contribution in [0.15, 0.2) is 29.3 Å². The number of hydrogen-bond acceptors (Lipinski definition) is 1. The maximum absolute atomic E-state index is 4.31. The van der Waals surface area contributed by atoms with Crippen LogP contribution in [-0.2, 0) is 6.42 Å². The van der Waals surface area contributed by atoms with Gasteiger partial charge < -0.3 is 10.6 Å². The standard InChI is InChI=1S/C17H27N3/c1-17(2,3)20-16(18-4)19-12-14-10-7-9-13-8-5-6-11-15(13)14/h5-6,8,11,14H,7,9-10,12H2,1-4H3,(H2,18,19,20). The normalized spacial score (nSPS) is 19.4. The van der Waals surface area contributed by atoms with Crippen molar-refractivity contribution in [1.82, 2.24) is 10.6 Å². The van der Waals surface area contributed by atoms with Gasteiger partial charge in [0.15, 0.2) is 5.96 Å². The zero-order valence-corrected chi connectivity index (χ0v) is 13.2. The van der Waals surface area contributed by atoms with E-state index in [0.29, 0.717) is 5.92 Å². The molecular weight excluding hydrogens is 246 g/mol. The van der Waals surface area contributed by atoms with Gasteiger partial charge in [0.2, 0.25) is 0 Å². The molecule has 1 unspecified atom stereocenters. The number of hydrogen-bond donors (Lipinski definition) is 2. The predicted molar refractivity (Wildman–Crippen MR) is 86.4 cm³/mol. The molecule has 0 saturated heterocycles. The van der Waals surface area contributed by atoms with E-state index in [1.165, 1.54) is 30.4 Å². The van der Waals surface area contributed by atoms with Crippen LogP contribution in [0, 0.1) is 0 Å². The highest BCUT2D eigenvalue weighted by molar-refractivity contribution is 5.80. The van der Waals surface area contributed by atoms with Crippen LogP contribution >= 0.6 is 0 Å². The van der Waals surface area contributed by atoms with Crippen LogP contribution < -0.4 is 10.6 Å². The molecule has 1 aromatic rings. The zero-order valence-electron chi connectivity index (χ0n) is 13.2. The number of benzene rings is 1. The average molecular weight is 273 g/mol. The number of aryl methyl sites for hydroxylation is 1. The van der Waals surface area contributed by atoms with E-state index in [2.05, 4.69) is 60.7 Å². The van der Waals surface area contributed by atoms with Gasteiger partial charge in [-0.05, 0) is 51.2 Å². The molecular formula is C17H27N3. The van der Waals surface area contributed by atoms with Crippen molar-refractivity contribution in [2.45, 2.75) is 51.5 Å². The second-order valence-corrected chi connectivity index (χ2v) is 6.62. The predicted octanol–water partition coefficient (Wildman–Crippen LogP) is 3.07. The molecule has 0 fully saturated rings. The number of aliphatic imine (C=N–C) groups is 1. The number of nitrogens with zero attached hydrogens (tertiary/aromatic N) is 1. The van der Waals surface area contributed by atoms with Crippen molar-refractivity contribution < 1.29 is 0 Å². The van der Waals surface area contributed by atoms with Crippen LogP contribution in [0.4, 0.5) is 0 Å². The summed E-state index contributed by atoms with van der Waals surface area (Å²) in [6.07, 6.45) is 3.77. The SMILES string of the molecule is CN=C(NCC1CCCc2ccccc21)NC(C)(C)C. The summed E-state index contributed by atoms with van der Waals surface area (Å²) in [5.41, 5.74) is 3.06. The molecule has 1 aromatic carbocycles. The highest BCUT2D eigenvalue weighted by Gasteiger charge is 2.20. The van der Waals surface area contributed by atoms with E-state index in [1.807, 2.05) is 7.05 Å². The van der Waals surface area contributed by atoms with E-state index in [1.54, 1.807) is 0 Å². The molecule has 20 heavy (non-hydrogen) atoms. The molecule has 0 heterocycles. The first-order chi connectivity index (χ1) is 9.49. The number of fused-ring (bicyclic) bond motifs is 1. The second-order valence-electron chi connectivity index (χ2n) is 6.62. The molecule has 3 heteroatoms. The smallest absolute Gasteiger partial charge is 0.191 e. The van der Waals surface area contributed by atoms with Crippen LogP contribution in [0.2, 0.25) is 0 Å². The summed E-state index contributed by atoms with van der Waals surface area (Å²) in [6.45, 7) is 7.40. The zero-order chi connectivity index (χ0) is 14.6. The van der Waals surface area contributed by atoms with Crippen molar-refractivity contribution in [1.29, 1.82) is 0 Å². The molecule has 0 amide bonds. The van der Waals surface area contributed by atoms with E-state index >= 15 is 0 Å². The second kappa shape index (κ2) is 6.29. The summed E-state index contributed by atoms with van der Waals surface area (Å²) in [5, 5.41) is 6.88. The molecule has 110 valence electrons. The maximum Gasteiger partial charge on any atom is 0.191 e. The van der Waals surface area contributed by atoms with Crippen molar-refractivity contribution in [2.75, 3.05) is 13.6 Å². The number of guanidine groups is 1. The van der Waals surface area contributed by atoms with Crippen LogP contribution in [0.1, 0.15) is 50.7 Å². The van der Waals surface area contributed by atoms with E-state index < -0.39 is 0 Å². The summed E-state index contributed by atoms with van der Waals surface area (Å²) in [5.74, 6) is 1.49. The first-order valence-corrected chi connectivity index (χ1v) is 7.56. The molecule has 0 bridgehead atoms. The van der Waals surface area contributed by atoms with E-state index in [4.69, 9.17) is 0 Å². The van der Waals surface area contributed by atoms with Gasteiger partial charge in [-0.2, -0.15) is 0 Å². The van der Waals surface area contributed by atoms with Crippen molar-refractivity contribution >= 4 is 5.96 Å². The average Bonchev–Trinajstić information content (AvgIpc) is 2.42. The number of rotatable bonds is 2. The summed E-state index contributed by atoms with van der Waals surface area (Å²) < 4.78 is 0. The molecule has 0 spiro atoms. The summed E-state index contributed by atoms with van der Waals surface area (Å²) in [7, 11) is 1.83. The molecule has 2 rings (SSSR count). The number of nitrogens with one attached hydrogen (secondary N) is 2. The molecule has 2 N–H and O–H groups in total. The maximum atomic E-state index is 4.31. The Hall–Kier alpha value is -1.51. The lowest BCUT2D eigenvalue weighted by Crippen LogP contribution is -2.48. The highest BCUT2D eigenvalue weighted by atomic mass is 15.2. The van der Waals surface area contributed by atoms with Crippen LogP contribution in [0.3, 0.4) is 0 Å². The van der Waals surface area contributed by atoms with Crippen molar-refractivity contribution in [2.24, 2.45) is 4.99 Å². The summed E-state index contributed by atoms with van der Waals surface area (Å²) in [6, 6.07) is 8.85. The molecule has 1 aliphatic rings. The Morgan fingerprint density at radius 1 is 1.30 bits per heavy atom. The van der Waals surface area contributed by atoms with Crippen molar-refractivity contribution in [3.63, 3.8) is 0 Å². The third kappa shape index (κ3) is 3.99.